The van der Waals surface area contributed by atoms with E-state index in [-0.39, 0.29) is 12.3 Å². The van der Waals surface area contributed by atoms with Gasteiger partial charge in [0.05, 0.1) is 6.04 Å². The number of carboxylic acid groups (broad SMARTS) is 2. The van der Waals surface area contributed by atoms with Crippen molar-refractivity contribution >= 4 is 29.7 Å². The summed E-state index contributed by atoms with van der Waals surface area (Å²) in [6, 6.07) is -4.38. The zero-order chi connectivity index (χ0) is 24.1. The van der Waals surface area contributed by atoms with E-state index in [1.807, 2.05) is 0 Å². The highest BCUT2D eigenvalue weighted by molar-refractivity contribution is 5.94. The van der Waals surface area contributed by atoms with Crippen molar-refractivity contribution in [1.29, 1.82) is 0 Å². The molecule has 0 aliphatic rings. The Kier molecular flexibility index (Phi) is 13.0. The molecule has 12 nitrogen and oxygen atoms in total. The number of carbonyl (C=O) groups excluding carboxylic acids is 3. The topological polar surface area (TPSA) is 214 Å². The molecule has 0 radical (unpaired) electrons. The molecule has 0 aromatic heterocycles. The van der Waals surface area contributed by atoms with Gasteiger partial charge in [-0.15, -0.1) is 0 Å². The van der Waals surface area contributed by atoms with Gasteiger partial charge in [0.1, 0.15) is 18.1 Å². The molecular weight excluding hydrogens is 410 g/mol. The highest BCUT2D eigenvalue weighted by atomic mass is 16.4. The van der Waals surface area contributed by atoms with Gasteiger partial charge in [0, 0.05) is 6.42 Å². The number of hydrogen-bond acceptors (Lipinski definition) is 7. The van der Waals surface area contributed by atoms with Crippen LogP contribution in [0.4, 0.5) is 0 Å². The molecule has 0 rings (SSSR count). The maximum absolute atomic E-state index is 12.8. The van der Waals surface area contributed by atoms with Gasteiger partial charge >= 0.3 is 11.9 Å². The zero-order valence-corrected chi connectivity index (χ0v) is 18.2. The molecule has 0 bridgehead atoms. The summed E-state index contributed by atoms with van der Waals surface area (Å²) >= 11 is 0. The molecule has 0 heterocycles. The quantitative estimate of drug-likeness (QED) is 0.146. The van der Waals surface area contributed by atoms with Crippen LogP contribution in [0.2, 0.25) is 0 Å². The molecule has 0 aliphatic carbocycles. The van der Waals surface area contributed by atoms with Gasteiger partial charge in [0.25, 0.3) is 0 Å². The third-order valence-electron chi connectivity index (χ3n) is 4.56. The lowest BCUT2D eigenvalue weighted by atomic mass is 10.0. The first-order chi connectivity index (χ1) is 14.4. The lowest BCUT2D eigenvalue weighted by molar-refractivity contribution is -0.142. The lowest BCUT2D eigenvalue weighted by Gasteiger charge is -2.26. The Morgan fingerprint density at radius 2 is 1.45 bits per heavy atom. The van der Waals surface area contributed by atoms with E-state index < -0.39 is 60.2 Å². The standard InChI is InChI=1S/C19H35N5O7/c1-10(2)15(24-16(27)12(21)6-4-5-9-20)18(29)23-13(7-8-14(25)26)17(28)22-11(3)19(30)31/h10-13,15H,4-9,20-21H2,1-3H3,(H,22,28)(H,23,29)(H,24,27)(H,25,26)(H,30,31). The number of carbonyl (C=O) groups is 5. The SMILES string of the molecule is CC(NC(=O)C(CCC(=O)O)NC(=O)C(NC(=O)C(N)CCCCN)C(C)C)C(=O)O. The molecule has 0 aliphatic heterocycles. The number of unbranched alkanes of at least 4 members (excludes halogenated alkanes) is 1. The van der Waals surface area contributed by atoms with Gasteiger partial charge in [-0.3, -0.25) is 24.0 Å². The van der Waals surface area contributed by atoms with Gasteiger partial charge in [-0.2, -0.15) is 0 Å². The average Bonchev–Trinajstić information content (AvgIpc) is 2.68. The second-order valence-corrected chi connectivity index (χ2v) is 7.68. The summed E-state index contributed by atoms with van der Waals surface area (Å²) in [6.07, 6.45) is 1.08. The predicted molar refractivity (Wildman–Crippen MR) is 112 cm³/mol. The third kappa shape index (κ3) is 11.3. The van der Waals surface area contributed by atoms with E-state index in [9.17, 15) is 24.0 Å². The summed E-state index contributed by atoms with van der Waals surface area (Å²) in [5.74, 6) is -4.90. The van der Waals surface area contributed by atoms with E-state index in [0.29, 0.717) is 25.8 Å². The number of amides is 3. The second kappa shape index (κ2) is 14.3. The molecule has 4 unspecified atom stereocenters. The lowest BCUT2D eigenvalue weighted by Crippen LogP contribution is -2.58. The number of aliphatic carboxylic acids is 2. The number of hydrogen-bond donors (Lipinski definition) is 7. The van der Waals surface area contributed by atoms with Gasteiger partial charge in [-0.05, 0) is 38.6 Å². The van der Waals surface area contributed by atoms with E-state index in [0.717, 1.165) is 0 Å². The maximum Gasteiger partial charge on any atom is 0.325 e. The van der Waals surface area contributed by atoms with Crippen molar-refractivity contribution in [3.8, 4) is 0 Å². The average molecular weight is 446 g/mol. The molecule has 0 fully saturated rings. The summed E-state index contributed by atoms with van der Waals surface area (Å²) in [7, 11) is 0. The van der Waals surface area contributed by atoms with E-state index in [1.54, 1.807) is 13.8 Å². The van der Waals surface area contributed by atoms with Crippen LogP contribution in [-0.2, 0) is 24.0 Å². The maximum atomic E-state index is 12.8. The zero-order valence-electron chi connectivity index (χ0n) is 18.2. The predicted octanol–water partition coefficient (Wildman–Crippen LogP) is -1.48. The number of rotatable bonds is 15. The number of carboxylic acids is 2. The van der Waals surface area contributed by atoms with Crippen LogP contribution in [-0.4, -0.2) is 70.6 Å². The van der Waals surface area contributed by atoms with Crippen LogP contribution in [0.3, 0.4) is 0 Å². The molecule has 12 heteroatoms. The third-order valence-corrected chi connectivity index (χ3v) is 4.56. The Morgan fingerprint density at radius 3 is 1.94 bits per heavy atom. The Labute approximate surface area is 181 Å². The fourth-order valence-electron chi connectivity index (χ4n) is 2.61. The Balaban J connectivity index is 5.23. The van der Waals surface area contributed by atoms with Crippen molar-refractivity contribution in [3.05, 3.63) is 0 Å². The molecule has 9 N–H and O–H groups in total. The van der Waals surface area contributed by atoms with Crippen molar-refractivity contribution < 1.29 is 34.2 Å². The van der Waals surface area contributed by atoms with Crippen molar-refractivity contribution in [3.63, 3.8) is 0 Å². The van der Waals surface area contributed by atoms with Gasteiger partial charge < -0.3 is 37.6 Å². The molecule has 3 amide bonds. The summed E-state index contributed by atoms with van der Waals surface area (Å²) < 4.78 is 0. The van der Waals surface area contributed by atoms with Crippen molar-refractivity contribution in [1.82, 2.24) is 16.0 Å². The van der Waals surface area contributed by atoms with Gasteiger partial charge in [-0.25, -0.2) is 0 Å². The molecule has 4 atom stereocenters. The molecule has 31 heavy (non-hydrogen) atoms. The first-order valence-electron chi connectivity index (χ1n) is 10.2. The van der Waals surface area contributed by atoms with Crippen LogP contribution in [0.25, 0.3) is 0 Å². The highest BCUT2D eigenvalue weighted by Crippen LogP contribution is 2.07. The van der Waals surface area contributed by atoms with Crippen molar-refractivity contribution in [2.45, 2.75) is 77.0 Å². The minimum atomic E-state index is -1.29. The van der Waals surface area contributed by atoms with Gasteiger partial charge in [-0.1, -0.05) is 20.3 Å². The van der Waals surface area contributed by atoms with E-state index in [1.165, 1.54) is 6.92 Å². The van der Waals surface area contributed by atoms with E-state index in [4.69, 9.17) is 21.7 Å². The summed E-state index contributed by atoms with van der Waals surface area (Å²) in [5.41, 5.74) is 11.3. The first kappa shape index (κ1) is 28.3. The molecule has 0 saturated carbocycles. The summed E-state index contributed by atoms with van der Waals surface area (Å²) in [6.45, 7) is 5.08. The van der Waals surface area contributed by atoms with E-state index in [2.05, 4.69) is 16.0 Å². The summed E-state index contributed by atoms with van der Waals surface area (Å²) in [4.78, 5) is 59.3. The van der Waals surface area contributed by atoms with Crippen molar-refractivity contribution in [2.75, 3.05) is 6.54 Å². The van der Waals surface area contributed by atoms with Crippen LogP contribution >= 0.6 is 0 Å². The normalized spacial score (nSPS) is 14.8. The van der Waals surface area contributed by atoms with Crippen LogP contribution in [0.15, 0.2) is 0 Å². The Bertz CT molecular complexity index is 641. The Hall–Kier alpha value is -2.73. The second-order valence-electron chi connectivity index (χ2n) is 7.68. The van der Waals surface area contributed by atoms with Crippen LogP contribution < -0.4 is 27.4 Å². The van der Waals surface area contributed by atoms with E-state index >= 15 is 0 Å². The summed E-state index contributed by atoms with van der Waals surface area (Å²) in [5, 5.41) is 25.0. The molecule has 0 spiro atoms. The fraction of sp³-hybridized carbons (Fsp3) is 0.737. The highest BCUT2D eigenvalue weighted by Gasteiger charge is 2.31. The minimum Gasteiger partial charge on any atom is -0.481 e. The molecular formula is C19H35N5O7. The largest absolute Gasteiger partial charge is 0.481 e. The van der Waals surface area contributed by atoms with Crippen LogP contribution in [0.1, 0.15) is 52.9 Å². The fourth-order valence-corrected chi connectivity index (χ4v) is 2.61. The monoisotopic (exact) mass is 445 g/mol. The van der Waals surface area contributed by atoms with Crippen LogP contribution in [0.5, 0.6) is 0 Å². The molecule has 178 valence electrons. The van der Waals surface area contributed by atoms with Gasteiger partial charge in [0.15, 0.2) is 0 Å². The smallest absolute Gasteiger partial charge is 0.325 e. The molecule has 0 saturated heterocycles. The molecule has 0 aromatic carbocycles. The van der Waals surface area contributed by atoms with Crippen molar-refractivity contribution in [2.24, 2.45) is 17.4 Å². The first-order valence-corrected chi connectivity index (χ1v) is 10.2. The van der Waals surface area contributed by atoms with Crippen LogP contribution in [0, 0.1) is 5.92 Å². The minimum absolute atomic E-state index is 0.253. The number of nitrogens with two attached hydrogens (primary N) is 2. The van der Waals surface area contributed by atoms with Gasteiger partial charge in [0.2, 0.25) is 17.7 Å². The number of nitrogens with one attached hydrogen (secondary N) is 3. The Morgan fingerprint density at radius 1 is 0.839 bits per heavy atom. The molecule has 0 aromatic rings.